The number of anilines is 1. The second-order valence-corrected chi connectivity index (χ2v) is 2.59. The Bertz CT molecular complexity index is 243. The highest BCUT2D eigenvalue weighted by Crippen LogP contribution is 2.13. The van der Waals surface area contributed by atoms with Crippen LogP contribution < -0.4 is 11.5 Å². The maximum Gasteiger partial charge on any atom is 0.0317 e. The minimum atomic E-state index is 0.578. The molecule has 2 nitrogen and oxygen atoms in total. The molecule has 0 saturated heterocycles. The lowest BCUT2D eigenvalue weighted by Crippen LogP contribution is -2.01. The summed E-state index contributed by atoms with van der Waals surface area (Å²) < 4.78 is 0. The fourth-order valence-corrected chi connectivity index (χ4v) is 1.18. The van der Waals surface area contributed by atoms with Crippen molar-refractivity contribution in [1.29, 1.82) is 0 Å². The van der Waals surface area contributed by atoms with Crippen LogP contribution in [0.25, 0.3) is 0 Å². The largest absolute Gasteiger partial charge is 0.399 e. The molecule has 1 aromatic rings. The molecule has 0 atom stereocenters. The average Bonchev–Trinajstić information content (AvgIpc) is 2.04. The number of nitrogen functional groups attached to an aromatic ring is 1. The number of hydrogen-bond donors (Lipinski definition) is 2. The van der Waals surface area contributed by atoms with Crippen LogP contribution in [0.5, 0.6) is 0 Å². The van der Waals surface area contributed by atoms with E-state index in [-0.39, 0.29) is 0 Å². The first-order valence-electron chi connectivity index (χ1n) is 3.85. The molecule has 11 heavy (non-hydrogen) atoms. The van der Waals surface area contributed by atoms with Crippen molar-refractivity contribution in [3.8, 4) is 0 Å². The Morgan fingerprint density at radius 2 is 2.00 bits per heavy atom. The van der Waals surface area contributed by atoms with E-state index in [0.717, 1.165) is 17.7 Å². The molecule has 1 aromatic carbocycles. The third-order valence-corrected chi connectivity index (χ3v) is 1.83. The molecule has 2 heteroatoms. The summed E-state index contributed by atoms with van der Waals surface area (Å²) in [5.41, 5.74) is 14.4. The van der Waals surface area contributed by atoms with Crippen molar-refractivity contribution in [2.75, 3.05) is 5.73 Å². The Morgan fingerprint density at radius 3 is 2.55 bits per heavy atom. The molecule has 0 unspecified atom stereocenters. The molecule has 0 saturated carbocycles. The van der Waals surface area contributed by atoms with Crippen LogP contribution in [0.1, 0.15) is 18.1 Å². The van der Waals surface area contributed by atoms with Crippen LogP contribution in [0.3, 0.4) is 0 Å². The van der Waals surface area contributed by atoms with Crippen molar-refractivity contribution in [2.24, 2.45) is 5.73 Å². The lowest BCUT2D eigenvalue weighted by molar-refractivity contribution is 1.00. The molecule has 60 valence electrons. The number of nitrogens with two attached hydrogens (primary N) is 2. The number of aryl methyl sites for hydroxylation is 1. The molecule has 0 fully saturated rings. The van der Waals surface area contributed by atoms with Gasteiger partial charge in [-0.15, -0.1) is 0 Å². The van der Waals surface area contributed by atoms with E-state index in [0.29, 0.717) is 6.54 Å². The molecule has 0 heterocycles. The summed E-state index contributed by atoms with van der Waals surface area (Å²) in [5.74, 6) is 0. The summed E-state index contributed by atoms with van der Waals surface area (Å²) in [6.45, 7) is 2.69. The summed E-state index contributed by atoms with van der Waals surface area (Å²) in [4.78, 5) is 0. The molecule has 4 N–H and O–H groups in total. The van der Waals surface area contributed by atoms with Crippen LogP contribution in [0.15, 0.2) is 18.2 Å². The molecule has 0 aromatic heterocycles. The van der Waals surface area contributed by atoms with Gasteiger partial charge in [-0.25, -0.2) is 0 Å². The highest BCUT2D eigenvalue weighted by molar-refractivity contribution is 5.44. The second-order valence-electron chi connectivity index (χ2n) is 2.59. The average molecular weight is 150 g/mol. The maximum absolute atomic E-state index is 5.60. The van der Waals surface area contributed by atoms with Crippen LogP contribution in [-0.2, 0) is 13.0 Å². The Balaban J connectivity index is 3.06. The molecule has 0 aliphatic carbocycles. The van der Waals surface area contributed by atoms with Gasteiger partial charge in [0.05, 0.1) is 0 Å². The van der Waals surface area contributed by atoms with Crippen molar-refractivity contribution in [1.82, 2.24) is 0 Å². The molecule has 0 aliphatic heterocycles. The van der Waals surface area contributed by atoms with E-state index < -0.39 is 0 Å². The lowest BCUT2D eigenvalue weighted by Gasteiger charge is -2.05. The Labute approximate surface area is 67.2 Å². The molecular weight excluding hydrogens is 136 g/mol. The van der Waals surface area contributed by atoms with E-state index in [2.05, 4.69) is 6.92 Å². The Hall–Kier alpha value is -1.02. The summed E-state index contributed by atoms with van der Waals surface area (Å²) in [6.07, 6.45) is 1.02. The Kier molecular flexibility index (Phi) is 2.49. The van der Waals surface area contributed by atoms with Crippen LogP contribution in [0.4, 0.5) is 5.69 Å². The Morgan fingerprint density at radius 1 is 1.27 bits per heavy atom. The minimum Gasteiger partial charge on any atom is -0.399 e. The zero-order chi connectivity index (χ0) is 8.27. The van der Waals surface area contributed by atoms with Crippen molar-refractivity contribution in [2.45, 2.75) is 19.9 Å². The lowest BCUT2D eigenvalue weighted by atomic mass is 10.0. The van der Waals surface area contributed by atoms with Gasteiger partial charge in [-0.1, -0.05) is 13.0 Å². The highest BCUT2D eigenvalue weighted by atomic mass is 14.6. The van der Waals surface area contributed by atoms with Gasteiger partial charge in [-0.2, -0.15) is 0 Å². The normalized spacial score (nSPS) is 10.0. The summed E-state index contributed by atoms with van der Waals surface area (Å²) in [5, 5.41) is 0. The molecule has 0 spiro atoms. The van der Waals surface area contributed by atoms with Crippen molar-refractivity contribution < 1.29 is 0 Å². The van der Waals surface area contributed by atoms with Crippen LogP contribution >= 0.6 is 0 Å². The minimum absolute atomic E-state index is 0.578. The standard InChI is InChI=1S/C9H14N2/c1-2-7-3-4-9(11)5-8(7)6-10/h3-5H,2,6,10-11H2,1H3. The van der Waals surface area contributed by atoms with Gasteiger partial charge in [0.25, 0.3) is 0 Å². The van der Waals surface area contributed by atoms with E-state index >= 15 is 0 Å². The van der Waals surface area contributed by atoms with Gasteiger partial charge in [-0.3, -0.25) is 0 Å². The second kappa shape index (κ2) is 3.39. The fourth-order valence-electron chi connectivity index (χ4n) is 1.18. The first-order chi connectivity index (χ1) is 5.27. The summed E-state index contributed by atoms with van der Waals surface area (Å²) >= 11 is 0. The van der Waals surface area contributed by atoms with Gasteiger partial charge in [0.15, 0.2) is 0 Å². The fraction of sp³-hybridized carbons (Fsp3) is 0.333. The molecule has 0 amide bonds. The monoisotopic (exact) mass is 150 g/mol. The SMILES string of the molecule is CCc1ccc(N)cc1CN. The van der Waals surface area contributed by atoms with E-state index in [1.807, 2.05) is 18.2 Å². The van der Waals surface area contributed by atoms with Crippen LogP contribution in [0, 0.1) is 0 Å². The van der Waals surface area contributed by atoms with Crippen LogP contribution in [-0.4, -0.2) is 0 Å². The number of benzene rings is 1. The third kappa shape index (κ3) is 1.71. The zero-order valence-corrected chi connectivity index (χ0v) is 6.80. The molecule has 1 rings (SSSR count). The van der Waals surface area contributed by atoms with E-state index in [9.17, 15) is 0 Å². The topological polar surface area (TPSA) is 52.0 Å². The predicted octanol–water partition coefficient (Wildman–Crippen LogP) is 1.29. The van der Waals surface area contributed by atoms with E-state index in [1.165, 1.54) is 5.56 Å². The van der Waals surface area contributed by atoms with Gasteiger partial charge in [0, 0.05) is 12.2 Å². The van der Waals surface area contributed by atoms with Crippen LogP contribution in [0.2, 0.25) is 0 Å². The maximum atomic E-state index is 5.60. The predicted molar refractivity (Wildman–Crippen MR) is 48.1 cm³/mol. The van der Waals surface area contributed by atoms with Crippen molar-refractivity contribution >= 4 is 5.69 Å². The molecule has 0 bridgehead atoms. The molecule has 0 aliphatic rings. The number of rotatable bonds is 2. The van der Waals surface area contributed by atoms with E-state index in [4.69, 9.17) is 11.5 Å². The molecular formula is C9H14N2. The van der Waals surface area contributed by atoms with Gasteiger partial charge in [0.1, 0.15) is 0 Å². The van der Waals surface area contributed by atoms with Crippen molar-refractivity contribution in [3.63, 3.8) is 0 Å². The summed E-state index contributed by atoms with van der Waals surface area (Å²) in [6, 6.07) is 5.90. The van der Waals surface area contributed by atoms with Gasteiger partial charge in [0.2, 0.25) is 0 Å². The van der Waals surface area contributed by atoms with Crippen molar-refractivity contribution in [3.05, 3.63) is 29.3 Å². The quantitative estimate of drug-likeness (QED) is 0.624. The van der Waals surface area contributed by atoms with Gasteiger partial charge >= 0.3 is 0 Å². The smallest absolute Gasteiger partial charge is 0.0317 e. The van der Waals surface area contributed by atoms with Gasteiger partial charge in [-0.05, 0) is 29.7 Å². The first-order valence-corrected chi connectivity index (χ1v) is 3.85. The number of hydrogen-bond acceptors (Lipinski definition) is 2. The zero-order valence-electron chi connectivity index (χ0n) is 6.80. The third-order valence-electron chi connectivity index (χ3n) is 1.83. The van der Waals surface area contributed by atoms with Gasteiger partial charge < -0.3 is 11.5 Å². The highest BCUT2D eigenvalue weighted by Gasteiger charge is 1.97. The van der Waals surface area contributed by atoms with E-state index in [1.54, 1.807) is 0 Å². The molecule has 0 radical (unpaired) electrons. The first kappa shape index (κ1) is 8.08. The summed E-state index contributed by atoms with van der Waals surface area (Å²) in [7, 11) is 0.